The molecule has 0 unspecified atom stereocenters. The summed E-state index contributed by atoms with van der Waals surface area (Å²) in [5.74, 6) is 1.39. The van der Waals surface area contributed by atoms with E-state index >= 15 is 0 Å². The van der Waals surface area contributed by atoms with Gasteiger partial charge in [-0.25, -0.2) is 0 Å². The summed E-state index contributed by atoms with van der Waals surface area (Å²) in [4.78, 5) is 0. The second-order valence-electron chi connectivity index (χ2n) is 3.56. The molecule has 0 atom stereocenters. The third-order valence-corrected chi connectivity index (χ3v) is 2.23. The van der Waals surface area contributed by atoms with E-state index in [0.717, 1.165) is 17.7 Å². The summed E-state index contributed by atoms with van der Waals surface area (Å²) in [6.07, 6.45) is 0.822. The first-order chi connectivity index (χ1) is 8.17. The van der Waals surface area contributed by atoms with Crippen LogP contribution in [0.15, 0.2) is 29.8 Å². The Hall–Kier alpha value is -1.19. The van der Waals surface area contributed by atoms with Gasteiger partial charge in [0.05, 0.1) is 6.61 Å². The summed E-state index contributed by atoms with van der Waals surface area (Å²) in [6, 6.07) is 5.79. The number of nitrogens with two attached hydrogens (primary N) is 1. The highest BCUT2D eigenvalue weighted by molar-refractivity contribution is 6.29. The summed E-state index contributed by atoms with van der Waals surface area (Å²) in [7, 11) is 0. The van der Waals surface area contributed by atoms with Gasteiger partial charge in [-0.15, -0.1) is 0 Å². The van der Waals surface area contributed by atoms with Gasteiger partial charge in [0.1, 0.15) is 6.61 Å². The molecule has 0 saturated heterocycles. The molecule has 4 heteroatoms. The highest BCUT2D eigenvalue weighted by atomic mass is 35.5. The maximum atomic E-state index is 5.66. The molecule has 17 heavy (non-hydrogen) atoms. The Balaban J connectivity index is 2.83. The predicted octanol–water partition coefficient (Wildman–Crippen LogP) is 2.72. The van der Waals surface area contributed by atoms with Crippen molar-refractivity contribution < 1.29 is 9.47 Å². The van der Waals surface area contributed by atoms with Crippen molar-refractivity contribution in [3.05, 3.63) is 35.4 Å². The molecule has 0 spiro atoms. The van der Waals surface area contributed by atoms with Crippen molar-refractivity contribution in [1.82, 2.24) is 0 Å². The van der Waals surface area contributed by atoms with Crippen molar-refractivity contribution >= 4 is 11.6 Å². The molecule has 1 aromatic carbocycles. The first-order valence-electron chi connectivity index (χ1n) is 5.59. The molecule has 0 bridgehead atoms. The first kappa shape index (κ1) is 13.9. The molecule has 0 fully saturated rings. The largest absolute Gasteiger partial charge is 0.490 e. The maximum absolute atomic E-state index is 5.66. The predicted molar refractivity (Wildman–Crippen MR) is 70.9 cm³/mol. The topological polar surface area (TPSA) is 44.5 Å². The normalized spacial score (nSPS) is 10.1. The quantitative estimate of drug-likeness (QED) is 0.815. The van der Waals surface area contributed by atoms with Gasteiger partial charge in [-0.1, -0.05) is 24.2 Å². The number of halogens is 1. The van der Waals surface area contributed by atoms with E-state index < -0.39 is 0 Å². The zero-order valence-electron chi connectivity index (χ0n) is 10.0. The van der Waals surface area contributed by atoms with Gasteiger partial charge in [0.2, 0.25) is 0 Å². The molecule has 0 saturated carbocycles. The van der Waals surface area contributed by atoms with E-state index in [1.807, 2.05) is 25.1 Å². The molecule has 0 heterocycles. The molecule has 2 N–H and O–H groups in total. The number of ether oxygens (including phenoxy) is 2. The summed E-state index contributed by atoms with van der Waals surface area (Å²) < 4.78 is 11.0. The van der Waals surface area contributed by atoms with Gasteiger partial charge in [0.15, 0.2) is 11.5 Å². The molecule has 0 aliphatic rings. The standard InChI is InChI=1S/C13H18ClNO2/c1-3-16-13-8-11(6-7-15)4-5-12(13)17-9-10(2)14/h4-5,8H,2-3,6-7,9,15H2,1H3. The second-order valence-corrected chi connectivity index (χ2v) is 4.09. The van der Waals surface area contributed by atoms with Crippen molar-refractivity contribution in [2.75, 3.05) is 19.8 Å². The third-order valence-electron chi connectivity index (χ3n) is 2.13. The molecule has 0 radical (unpaired) electrons. The fraction of sp³-hybridized carbons (Fsp3) is 0.385. The van der Waals surface area contributed by atoms with Gasteiger partial charge in [-0.05, 0) is 37.6 Å². The Bertz CT molecular complexity index is 380. The van der Waals surface area contributed by atoms with Gasteiger partial charge in [-0.3, -0.25) is 0 Å². The van der Waals surface area contributed by atoms with Gasteiger partial charge >= 0.3 is 0 Å². The van der Waals surface area contributed by atoms with Gasteiger partial charge in [-0.2, -0.15) is 0 Å². The van der Waals surface area contributed by atoms with E-state index in [9.17, 15) is 0 Å². The van der Waals surface area contributed by atoms with Gasteiger partial charge in [0, 0.05) is 5.03 Å². The average molecular weight is 256 g/mol. The molecular formula is C13H18ClNO2. The minimum Gasteiger partial charge on any atom is -0.490 e. The lowest BCUT2D eigenvalue weighted by Gasteiger charge is -2.12. The zero-order valence-corrected chi connectivity index (χ0v) is 10.8. The molecule has 3 nitrogen and oxygen atoms in total. The van der Waals surface area contributed by atoms with Crippen LogP contribution in [0, 0.1) is 0 Å². The van der Waals surface area contributed by atoms with E-state index in [4.69, 9.17) is 26.8 Å². The average Bonchev–Trinajstić information content (AvgIpc) is 2.28. The number of rotatable bonds is 7. The molecule has 0 aromatic heterocycles. The lowest BCUT2D eigenvalue weighted by atomic mass is 10.1. The molecule has 94 valence electrons. The van der Waals surface area contributed by atoms with Crippen molar-refractivity contribution in [3.63, 3.8) is 0 Å². The lowest BCUT2D eigenvalue weighted by Crippen LogP contribution is -2.04. The minimum absolute atomic E-state index is 0.276. The van der Waals surface area contributed by atoms with E-state index in [-0.39, 0.29) is 6.61 Å². The van der Waals surface area contributed by atoms with Crippen LogP contribution >= 0.6 is 11.6 Å². The van der Waals surface area contributed by atoms with Crippen molar-refractivity contribution in [1.29, 1.82) is 0 Å². The number of hydrogen-bond acceptors (Lipinski definition) is 3. The molecule has 1 rings (SSSR count). The Morgan fingerprint density at radius 1 is 1.35 bits per heavy atom. The van der Waals surface area contributed by atoms with Crippen LogP contribution in [0.2, 0.25) is 0 Å². The highest BCUT2D eigenvalue weighted by Crippen LogP contribution is 2.29. The monoisotopic (exact) mass is 255 g/mol. The number of benzene rings is 1. The summed E-state index contributed by atoms with van der Waals surface area (Å²) in [6.45, 7) is 6.98. The zero-order chi connectivity index (χ0) is 12.7. The van der Waals surface area contributed by atoms with Crippen LogP contribution in [0.3, 0.4) is 0 Å². The molecule has 0 aliphatic carbocycles. The van der Waals surface area contributed by atoms with Crippen LogP contribution in [0.4, 0.5) is 0 Å². The van der Waals surface area contributed by atoms with Gasteiger partial charge in [0.25, 0.3) is 0 Å². The van der Waals surface area contributed by atoms with Crippen LogP contribution in [0.25, 0.3) is 0 Å². The fourth-order valence-electron chi connectivity index (χ4n) is 1.42. The van der Waals surface area contributed by atoms with Crippen molar-refractivity contribution in [2.24, 2.45) is 5.73 Å². The summed E-state index contributed by atoms with van der Waals surface area (Å²) in [5.41, 5.74) is 6.65. The van der Waals surface area contributed by atoms with Crippen molar-refractivity contribution in [3.8, 4) is 11.5 Å². The molecular weight excluding hydrogens is 238 g/mol. The first-order valence-corrected chi connectivity index (χ1v) is 5.97. The van der Waals surface area contributed by atoms with E-state index in [0.29, 0.717) is 23.9 Å². The Kier molecular flexibility index (Phi) is 5.87. The van der Waals surface area contributed by atoms with Crippen LogP contribution in [0.1, 0.15) is 12.5 Å². The maximum Gasteiger partial charge on any atom is 0.161 e. The van der Waals surface area contributed by atoms with Crippen molar-refractivity contribution in [2.45, 2.75) is 13.3 Å². The van der Waals surface area contributed by atoms with E-state index in [2.05, 4.69) is 6.58 Å². The minimum atomic E-state index is 0.276. The summed E-state index contributed by atoms with van der Waals surface area (Å²) >= 11 is 5.66. The van der Waals surface area contributed by atoms with Crippen LogP contribution in [-0.2, 0) is 6.42 Å². The molecule has 0 amide bonds. The lowest BCUT2D eigenvalue weighted by molar-refractivity contribution is 0.295. The highest BCUT2D eigenvalue weighted by Gasteiger charge is 2.06. The van der Waals surface area contributed by atoms with E-state index in [1.165, 1.54) is 0 Å². The fourth-order valence-corrected chi connectivity index (χ4v) is 1.47. The Labute approximate surface area is 107 Å². The second kappa shape index (κ2) is 7.20. The SMILES string of the molecule is C=C(Cl)COc1ccc(CCN)cc1OCC. The van der Waals surface area contributed by atoms with Crippen LogP contribution in [0.5, 0.6) is 11.5 Å². The summed E-state index contributed by atoms with van der Waals surface area (Å²) in [5, 5.41) is 0.457. The Morgan fingerprint density at radius 3 is 2.71 bits per heavy atom. The van der Waals surface area contributed by atoms with Crippen LogP contribution in [-0.4, -0.2) is 19.8 Å². The number of hydrogen-bond donors (Lipinski definition) is 1. The van der Waals surface area contributed by atoms with Gasteiger partial charge < -0.3 is 15.2 Å². The Morgan fingerprint density at radius 2 is 2.12 bits per heavy atom. The molecule has 1 aromatic rings. The van der Waals surface area contributed by atoms with Crippen LogP contribution < -0.4 is 15.2 Å². The van der Waals surface area contributed by atoms with E-state index in [1.54, 1.807) is 0 Å². The molecule has 0 aliphatic heterocycles. The smallest absolute Gasteiger partial charge is 0.161 e. The third kappa shape index (κ3) is 4.67.